The summed E-state index contributed by atoms with van der Waals surface area (Å²) < 4.78 is 7.64. The molecule has 1 aromatic carbocycles. The lowest BCUT2D eigenvalue weighted by atomic mass is 10.2. The van der Waals surface area contributed by atoms with Crippen molar-refractivity contribution in [2.75, 3.05) is 6.61 Å². The predicted molar refractivity (Wildman–Crippen MR) is 76.0 cm³/mol. The third-order valence-electron chi connectivity index (χ3n) is 2.90. The second-order valence-corrected chi connectivity index (χ2v) is 4.55. The van der Waals surface area contributed by atoms with Gasteiger partial charge in [0.25, 0.3) is 0 Å². The smallest absolute Gasteiger partial charge is 0.122 e. The summed E-state index contributed by atoms with van der Waals surface area (Å²) in [6, 6.07) is 8.21. The summed E-state index contributed by atoms with van der Waals surface area (Å²) in [4.78, 5) is 4.28. The van der Waals surface area contributed by atoms with E-state index >= 15 is 0 Å². The molecule has 0 saturated heterocycles. The molecule has 102 valence electrons. The maximum Gasteiger partial charge on any atom is 0.122 e. The molecule has 4 heteroatoms. The number of nitrogens with one attached hydrogen (secondary N) is 1. The van der Waals surface area contributed by atoms with Gasteiger partial charge in [-0.1, -0.05) is 19.1 Å². The van der Waals surface area contributed by atoms with Crippen LogP contribution in [-0.4, -0.2) is 16.2 Å². The van der Waals surface area contributed by atoms with E-state index in [9.17, 15) is 0 Å². The number of hydrogen-bond acceptors (Lipinski definition) is 3. The maximum absolute atomic E-state index is 5.62. The van der Waals surface area contributed by atoms with Crippen molar-refractivity contribution in [3.63, 3.8) is 0 Å². The Kier molecular flexibility index (Phi) is 4.98. The first-order valence-corrected chi connectivity index (χ1v) is 6.68. The molecule has 0 bridgehead atoms. The largest absolute Gasteiger partial charge is 0.494 e. The van der Waals surface area contributed by atoms with E-state index in [0.717, 1.165) is 37.7 Å². The van der Waals surface area contributed by atoms with Gasteiger partial charge in [0.15, 0.2) is 0 Å². The second-order valence-electron chi connectivity index (χ2n) is 4.55. The molecule has 0 atom stereocenters. The lowest BCUT2D eigenvalue weighted by molar-refractivity contribution is 0.317. The average molecular weight is 259 g/mol. The van der Waals surface area contributed by atoms with Crippen LogP contribution in [0.4, 0.5) is 0 Å². The minimum absolute atomic E-state index is 0.767. The summed E-state index contributed by atoms with van der Waals surface area (Å²) in [5, 5.41) is 3.39. The van der Waals surface area contributed by atoms with Gasteiger partial charge >= 0.3 is 0 Å². The number of aromatic nitrogens is 2. The van der Waals surface area contributed by atoms with E-state index < -0.39 is 0 Å². The fourth-order valence-electron chi connectivity index (χ4n) is 1.85. The molecule has 0 aliphatic heterocycles. The summed E-state index contributed by atoms with van der Waals surface area (Å²) >= 11 is 0. The summed E-state index contributed by atoms with van der Waals surface area (Å²) in [5.41, 5.74) is 1.22. The zero-order valence-corrected chi connectivity index (χ0v) is 11.6. The van der Waals surface area contributed by atoms with Crippen molar-refractivity contribution in [2.24, 2.45) is 7.05 Å². The van der Waals surface area contributed by atoms with Crippen LogP contribution in [0.3, 0.4) is 0 Å². The van der Waals surface area contributed by atoms with E-state index in [0.29, 0.717) is 0 Å². The van der Waals surface area contributed by atoms with E-state index in [1.165, 1.54) is 5.56 Å². The molecule has 1 N–H and O–H groups in total. The molecule has 0 aliphatic rings. The van der Waals surface area contributed by atoms with Crippen LogP contribution < -0.4 is 10.1 Å². The standard InChI is InChI=1S/C15H21N3O/c1-3-9-19-14-6-4-5-13(10-14)11-16-12-15-17-7-8-18(15)2/h4-8,10,16H,3,9,11-12H2,1-2H3. The molecule has 0 fully saturated rings. The van der Waals surface area contributed by atoms with Crippen LogP contribution in [0.15, 0.2) is 36.7 Å². The van der Waals surface area contributed by atoms with Crippen molar-refractivity contribution < 1.29 is 4.74 Å². The number of benzene rings is 1. The fourth-order valence-corrected chi connectivity index (χ4v) is 1.85. The number of ether oxygens (including phenoxy) is 1. The van der Waals surface area contributed by atoms with Gasteiger partial charge in [0, 0.05) is 26.0 Å². The highest BCUT2D eigenvalue weighted by Crippen LogP contribution is 2.13. The molecular weight excluding hydrogens is 238 g/mol. The minimum atomic E-state index is 0.767. The average Bonchev–Trinajstić information content (AvgIpc) is 2.83. The van der Waals surface area contributed by atoms with E-state index in [-0.39, 0.29) is 0 Å². The van der Waals surface area contributed by atoms with Crippen LogP contribution in [0.5, 0.6) is 5.75 Å². The maximum atomic E-state index is 5.62. The van der Waals surface area contributed by atoms with E-state index in [1.54, 1.807) is 0 Å². The van der Waals surface area contributed by atoms with Crippen LogP contribution >= 0.6 is 0 Å². The SMILES string of the molecule is CCCOc1cccc(CNCc2nccn2C)c1. The number of nitrogens with zero attached hydrogens (tertiary/aromatic N) is 2. The van der Waals surface area contributed by atoms with Crippen molar-refractivity contribution in [1.29, 1.82) is 0 Å². The normalized spacial score (nSPS) is 10.6. The molecular formula is C15H21N3O. The zero-order valence-electron chi connectivity index (χ0n) is 11.6. The highest BCUT2D eigenvalue weighted by molar-refractivity contribution is 5.28. The van der Waals surface area contributed by atoms with E-state index in [1.807, 2.05) is 36.1 Å². The Labute approximate surface area is 114 Å². The molecule has 0 spiro atoms. The lowest BCUT2D eigenvalue weighted by Gasteiger charge is -2.08. The Bertz CT molecular complexity index is 508. The molecule has 0 unspecified atom stereocenters. The number of aryl methyl sites for hydroxylation is 1. The molecule has 2 rings (SSSR count). The number of rotatable bonds is 7. The van der Waals surface area contributed by atoms with Gasteiger partial charge in [-0.15, -0.1) is 0 Å². The molecule has 0 radical (unpaired) electrons. The van der Waals surface area contributed by atoms with Crippen molar-refractivity contribution in [1.82, 2.24) is 14.9 Å². The third-order valence-corrected chi connectivity index (χ3v) is 2.90. The quantitative estimate of drug-likeness (QED) is 0.830. The van der Waals surface area contributed by atoms with Crippen molar-refractivity contribution in [2.45, 2.75) is 26.4 Å². The molecule has 2 aromatic rings. The number of hydrogen-bond donors (Lipinski definition) is 1. The molecule has 0 aliphatic carbocycles. The predicted octanol–water partition coefficient (Wildman–Crippen LogP) is 2.50. The second kappa shape index (κ2) is 6.95. The molecule has 1 heterocycles. The minimum Gasteiger partial charge on any atom is -0.494 e. The van der Waals surface area contributed by atoms with Gasteiger partial charge in [-0.2, -0.15) is 0 Å². The Hall–Kier alpha value is -1.81. The van der Waals surface area contributed by atoms with Crippen LogP contribution in [-0.2, 0) is 20.1 Å². The van der Waals surface area contributed by atoms with Gasteiger partial charge in [0.2, 0.25) is 0 Å². The Morgan fingerprint density at radius 1 is 1.32 bits per heavy atom. The summed E-state index contributed by atoms with van der Waals surface area (Å²) in [6.07, 6.45) is 4.80. The van der Waals surface area contributed by atoms with Crippen LogP contribution in [0.25, 0.3) is 0 Å². The third kappa shape index (κ3) is 4.10. The molecule has 0 amide bonds. The fraction of sp³-hybridized carbons (Fsp3) is 0.400. The van der Waals surface area contributed by atoms with E-state index in [2.05, 4.69) is 29.4 Å². The van der Waals surface area contributed by atoms with Crippen molar-refractivity contribution >= 4 is 0 Å². The van der Waals surface area contributed by atoms with Crippen LogP contribution in [0.1, 0.15) is 24.7 Å². The molecule has 1 aromatic heterocycles. The molecule has 4 nitrogen and oxygen atoms in total. The zero-order chi connectivity index (χ0) is 13.5. The topological polar surface area (TPSA) is 39.1 Å². The molecule has 19 heavy (non-hydrogen) atoms. The Balaban J connectivity index is 1.84. The highest BCUT2D eigenvalue weighted by Gasteiger charge is 2.00. The van der Waals surface area contributed by atoms with Crippen molar-refractivity contribution in [3.8, 4) is 5.75 Å². The Morgan fingerprint density at radius 3 is 2.95 bits per heavy atom. The summed E-state index contributed by atoms with van der Waals surface area (Å²) in [6.45, 7) is 4.46. The number of imidazole rings is 1. The first kappa shape index (κ1) is 13.6. The lowest BCUT2D eigenvalue weighted by Crippen LogP contribution is -2.15. The summed E-state index contributed by atoms with van der Waals surface area (Å²) in [5.74, 6) is 1.98. The van der Waals surface area contributed by atoms with Gasteiger partial charge in [-0.3, -0.25) is 0 Å². The summed E-state index contributed by atoms with van der Waals surface area (Å²) in [7, 11) is 2.00. The van der Waals surface area contributed by atoms with Gasteiger partial charge in [0.1, 0.15) is 11.6 Å². The van der Waals surface area contributed by atoms with Gasteiger partial charge < -0.3 is 14.6 Å². The van der Waals surface area contributed by atoms with Crippen LogP contribution in [0.2, 0.25) is 0 Å². The van der Waals surface area contributed by atoms with Gasteiger partial charge in [-0.25, -0.2) is 4.98 Å². The monoisotopic (exact) mass is 259 g/mol. The molecule has 0 saturated carbocycles. The Morgan fingerprint density at radius 2 is 2.21 bits per heavy atom. The first-order valence-electron chi connectivity index (χ1n) is 6.68. The van der Waals surface area contributed by atoms with Gasteiger partial charge in [0.05, 0.1) is 13.2 Å². The first-order chi connectivity index (χ1) is 9.29. The highest BCUT2D eigenvalue weighted by atomic mass is 16.5. The van der Waals surface area contributed by atoms with E-state index in [4.69, 9.17) is 4.74 Å². The van der Waals surface area contributed by atoms with Crippen LogP contribution in [0, 0.1) is 0 Å². The van der Waals surface area contributed by atoms with Crippen molar-refractivity contribution in [3.05, 3.63) is 48.0 Å². The van der Waals surface area contributed by atoms with Gasteiger partial charge in [-0.05, 0) is 24.1 Å².